The van der Waals surface area contributed by atoms with E-state index in [4.69, 9.17) is 10.7 Å². The summed E-state index contributed by atoms with van der Waals surface area (Å²) in [5.41, 5.74) is 9.72. The number of nitrogen functional groups attached to an aromatic ring is 1. The van der Waals surface area contributed by atoms with Crippen molar-refractivity contribution >= 4 is 21.7 Å². The normalized spacial score (nSPS) is 18.5. The molecule has 0 amide bonds. The zero-order chi connectivity index (χ0) is 13.9. The van der Waals surface area contributed by atoms with E-state index in [0.717, 1.165) is 21.5 Å². The molecule has 2 aliphatic rings. The summed E-state index contributed by atoms with van der Waals surface area (Å²) in [6, 6.07) is 6.95. The van der Waals surface area contributed by atoms with E-state index in [-0.39, 0.29) is 0 Å². The standard InChI is InChI=1S/C16H18BrN3/c1-9-2-7-12(13(17)8-9)14-15(18)20(11-5-6-11)16(19-14)10-3-4-10/h2,7-8,10-11H,3-6,18H2,1H3. The van der Waals surface area contributed by atoms with Gasteiger partial charge in [-0.2, -0.15) is 0 Å². The molecule has 2 aliphatic carbocycles. The summed E-state index contributed by atoms with van der Waals surface area (Å²) < 4.78 is 3.38. The average molecular weight is 332 g/mol. The number of hydrogen-bond donors (Lipinski definition) is 1. The molecular weight excluding hydrogens is 314 g/mol. The number of anilines is 1. The minimum Gasteiger partial charge on any atom is -0.383 e. The molecule has 0 spiro atoms. The second kappa shape index (κ2) is 4.35. The Morgan fingerprint density at radius 3 is 2.60 bits per heavy atom. The summed E-state index contributed by atoms with van der Waals surface area (Å²) in [6.07, 6.45) is 5.01. The Bertz CT molecular complexity index is 681. The molecule has 4 rings (SSSR count). The number of halogens is 1. The maximum atomic E-state index is 6.43. The molecule has 104 valence electrons. The third-order valence-corrected chi connectivity index (χ3v) is 4.87. The zero-order valence-electron chi connectivity index (χ0n) is 11.6. The van der Waals surface area contributed by atoms with Crippen molar-refractivity contribution < 1.29 is 0 Å². The Morgan fingerprint density at radius 2 is 2.00 bits per heavy atom. The number of hydrogen-bond acceptors (Lipinski definition) is 2. The summed E-state index contributed by atoms with van der Waals surface area (Å²) in [6.45, 7) is 2.09. The number of aromatic nitrogens is 2. The molecule has 0 bridgehead atoms. The average Bonchev–Trinajstić information content (AvgIpc) is 3.29. The van der Waals surface area contributed by atoms with Crippen LogP contribution in [0.15, 0.2) is 22.7 Å². The predicted molar refractivity (Wildman–Crippen MR) is 84.8 cm³/mol. The molecule has 2 fully saturated rings. The van der Waals surface area contributed by atoms with Crippen LogP contribution in [-0.2, 0) is 0 Å². The van der Waals surface area contributed by atoms with E-state index in [1.54, 1.807) is 0 Å². The fraction of sp³-hybridized carbons (Fsp3) is 0.438. The molecule has 0 saturated heterocycles. The number of nitrogens with zero attached hydrogens (tertiary/aromatic N) is 2. The smallest absolute Gasteiger partial charge is 0.132 e. The van der Waals surface area contributed by atoms with Gasteiger partial charge in [-0.3, -0.25) is 0 Å². The second-order valence-corrected chi connectivity index (χ2v) is 6.92. The number of nitrogens with two attached hydrogens (primary N) is 1. The molecule has 0 unspecified atom stereocenters. The highest BCUT2D eigenvalue weighted by Gasteiger charge is 2.36. The van der Waals surface area contributed by atoms with E-state index >= 15 is 0 Å². The van der Waals surface area contributed by atoms with E-state index in [1.807, 2.05) is 0 Å². The molecule has 2 saturated carbocycles. The Hall–Kier alpha value is -1.29. The molecule has 1 heterocycles. The second-order valence-electron chi connectivity index (χ2n) is 6.06. The summed E-state index contributed by atoms with van der Waals surface area (Å²) in [5, 5.41) is 0. The van der Waals surface area contributed by atoms with E-state index in [9.17, 15) is 0 Å². The van der Waals surface area contributed by atoms with Crippen molar-refractivity contribution in [2.45, 2.75) is 44.6 Å². The maximum absolute atomic E-state index is 6.43. The Morgan fingerprint density at radius 1 is 1.25 bits per heavy atom. The van der Waals surface area contributed by atoms with Crippen molar-refractivity contribution in [2.24, 2.45) is 0 Å². The molecule has 2 aromatic rings. The van der Waals surface area contributed by atoms with Crippen LogP contribution in [0.1, 0.15) is 49.0 Å². The van der Waals surface area contributed by atoms with Gasteiger partial charge < -0.3 is 10.3 Å². The van der Waals surface area contributed by atoms with Crippen molar-refractivity contribution in [3.63, 3.8) is 0 Å². The van der Waals surface area contributed by atoms with Crippen LogP contribution in [0.5, 0.6) is 0 Å². The predicted octanol–water partition coefficient (Wildman–Crippen LogP) is 4.42. The number of rotatable bonds is 3. The van der Waals surface area contributed by atoms with Crippen LogP contribution in [0.2, 0.25) is 0 Å². The number of aryl methyl sites for hydroxylation is 1. The molecule has 0 atom stereocenters. The van der Waals surface area contributed by atoms with E-state index in [0.29, 0.717) is 12.0 Å². The van der Waals surface area contributed by atoms with Gasteiger partial charge in [-0.1, -0.05) is 28.1 Å². The highest BCUT2D eigenvalue weighted by atomic mass is 79.9. The topological polar surface area (TPSA) is 43.8 Å². The van der Waals surface area contributed by atoms with Crippen LogP contribution < -0.4 is 5.73 Å². The lowest BCUT2D eigenvalue weighted by molar-refractivity contribution is 0.691. The summed E-state index contributed by atoms with van der Waals surface area (Å²) in [7, 11) is 0. The first-order chi connectivity index (χ1) is 9.65. The summed E-state index contributed by atoms with van der Waals surface area (Å²) >= 11 is 3.65. The van der Waals surface area contributed by atoms with E-state index in [1.165, 1.54) is 37.1 Å². The van der Waals surface area contributed by atoms with Gasteiger partial charge in [0.2, 0.25) is 0 Å². The van der Waals surface area contributed by atoms with Crippen molar-refractivity contribution in [1.82, 2.24) is 9.55 Å². The molecule has 4 heteroatoms. The molecule has 20 heavy (non-hydrogen) atoms. The lowest BCUT2D eigenvalue weighted by Crippen LogP contribution is -2.04. The summed E-state index contributed by atoms with van der Waals surface area (Å²) in [4.78, 5) is 4.90. The van der Waals surface area contributed by atoms with Crippen LogP contribution in [0.3, 0.4) is 0 Å². The van der Waals surface area contributed by atoms with E-state index in [2.05, 4.69) is 45.6 Å². The molecule has 3 nitrogen and oxygen atoms in total. The van der Waals surface area contributed by atoms with E-state index < -0.39 is 0 Å². The van der Waals surface area contributed by atoms with Gasteiger partial charge >= 0.3 is 0 Å². The third-order valence-electron chi connectivity index (χ3n) is 4.21. The van der Waals surface area contributed by atoms with Crippen LogP contribution in [-0.4, -0.2) is 9.55 Å². The van der Waals surface area contributed by atoms with Gasteiger partial charge in [0, 0.05) is 22.0 Å². The maximum Gasteiger partial charge on any atom is 0.132 e. The van der Waals surface area contributed by atoms with Gasteiger partial charge in [0.05, 0.1) is 0 Å². The minimum atomic E-state index is 0.594. The highest BCUT2D eigenvalue weighted by molar-refractivity contribution is 9.10. The third kappa shape index (κ3) is 1.97. The molecule has 0 aliphatic heterocycles. The van der Waals surface area contributed by atoms with Crippen LogP contribution in [0, 0.1) is 6.92 Å². The fourth-order valence-corrected chi connectivity index (χ4v) is 3.50. The van der Waals surface area contributed by atoms with Crippen molar-refractivity contribution in [1.29, 1.82) is 0 Å². The Balaban J connectivity index is 1.87. The molecule has 1 aromatic heterocycles. The van der Waals surface area contributed by atoms with Crippen LogP contribution in [0.4, 0.5) is 5.82 Å². The van der Waals surface area contributed by atoms with Gasteiger partial charge in [0.15, 0.2) is 0 Å². The molecule has 0 radical (unpaired) electrons. The highest BCUT2D eigenvalue weighted by Crippen LogP contribution is 2.48. The number of imidazole rings is 1. The van der Waals surface area contributed by atoms with Crippen LogP contribution in [0.25, 0.3) is 11.3 Å². The quantitative estimate of drug-likeness (QED) is 0.904. The van der Waals surface area contributed by atoms with Crippen molar-refractivity contribution in [3.8, 4) is 11.3 Å². The first-order valence-electron chi connectivity index (χ1n) is 7.29. The van der Waals surface area contributed by atoms with Gasteiger partial charge in [-0.15, -0.1) is 0 Å². The van der Waals surface area contributed by atoms with Crippen LogP contribution >= 0.6 is 15.9 Å². The zero-order valence-corrected chi connectivity index (χ0v) is 13.2. The van der Waals surface area contributed by atoms with Gasteiger partial charge in [0.1, 0.15) is 17.3 Å². The van der Waals surface area contributed by atoms with Crippen molar-refractivity contribution in [2.75, 3.05) is 5.73 Å². The lowest BCUT2D eigenvalue weighted by atomic mass is 10.1. The fourth-order valence-electron chi connectivity index (χ4n) is 2.82. The van der Waals surface area contributed by atoms with Gasteiger partial charge in [-0.25, -0.2) is 4.98 Å². The largest absolute Gasteiger partial charge is 0.383 e. The van der Waals surface area contributed by atoms with Gasteiger partial charge in [-0.05, 0) is 44.2 Å². The lowest BCUT2D eigenvalue weighted by Gasteiger charge is -2.08. The Kier molecular flexibility index (Phi) is 2.71. The van der Waals surface area contributed by atoms with Gasteiger partial charge in [0.25, 0.3) is 0 Å². The first kappa shape index (κ1) is 12.5. The molecular formula is C16H18BrN3. The minimum absolute atomic E-state index is 0.594. The first-order valence-corrected chi connectivity index (χ1v) is 8.08. The Labute approximate surface area is 127 Å². The monoisotopic (exact) mass is 331 g/mol. The molecule has 2 N–H and O–H groups in total. The number of benzene rings is 1. The van der Waals surface area contributed by atoms with Crippen molar-refractivity contribution in [3.05, 3.63) is 34.1 Å². The SMILES string of the molecule is Cc1ccc(-c2nc(C3CC3)n(C3CC3)c2N)c(Br)c1. The molecule has 1 aromatic carbocycles. The summed E-state index contributed by atoms with van der Waals surface area (Å²) in [5.74, 6) is 2.70.